The molecule has 0 radical (unpaired) electrons. The molecular formula is C67H116O6. The number of hydrogen-bond acceptors (Lipinski definition) is 6. The fourth-order valence-electron chi connectivity index (χ4n) is 8.74. The van der Waals surface area contributed by atoms with Gasteiger partial charge in [0.25, 0.3) is 0 Å². The van der Waals surface area contributed by atoms with Gasteiger partial charge in [-0.3, -0.25) is 14.4 Å². The standard InChI is InChI=1S/C67H116O6/c1-4-7-10-13-16-19-22-25-28-31-32-33-34-37-39-42-45-48-51-54-57-60-66(69)72-63-64(73-67(70)61-58-55-52-49-46-43-40-36-30-27-24-21-18-15-12-9-6-3)62-71-65(68)59-56-53-50-47-44-41-38-35-29-26-23-20-17-14-11-8-5-2/h7,10,16,19,25,27-28,30,32-33,37,39,45,48,64H,4-6,8-9,11-15,17-18,20-24,26,29,31,34-36,38,40-44,46-47,49-63H2,1-3H3/b10-7-,19-16-,28-25-,30-27-,33-32-,39-37-,48-45-. The third-order valence-corrected chi connectivity index (χ3v) is 13.4. The molecular weight excluding hydrogens is 901 g/mol. The van der Waals surface area contributed by atoms with E-state index in [-0.39, 0.29) is 31.1 Å². The quantitative estimate of drug-likeness (QED) is 0.0261. The summed E-state index contributed by atoms with van der Waals surface area (Å²) in [6.45, 7) is 6.52. The Bertz CT molecular complexity index is 1400. The van der Waals surface area contributed by atoms with Gasteiger partial charge >= 0.3 is 17.9 Å². The number of carbonyl (C=O) groups excluding carboxylic acids is 3. The molecule has 0 bridgehead atoms. The van der Waals surface area contributed by atoms with E-state index in [0.29, 0.717) is 19.3 Å². The number of allylic oxidation sites excluding steroid dienone is 14. The smallest absolute Gasteiger partial charge is 0.306 e. The zero-order chi connectivity index (χ0) is 52.9. The SMILES string of the molecule is CC/C=C\C/C=C\C/C=C\C/C=C\C/C=C\C/C=C\CCCCC(=O)OCC(COC(=O)CCCCCCCCCCCCCCCCCCC)OC(=O)CCCCCCCCC/C=C\CCCCCCCC. The van der Waals surface area contributed by atoms with Crippen molar-refractivity contribution < 1.29 is 28.6 Å². The molecule has 0 aliphatic heterocycles. The lowest BCUT2D eigenvalue weighted by Gasteiger charge is -2.18. The average molecular weight is 1020 g/mol. The maximum Gasteiger partial charge on any atom is 0.306 e. The lowest BCUT2D eigenvalue weighted by molar-refractivity contribution is -0.167. The summed E-state index contributed by atoms with van der Waals surface area (Å²) in [4.78, 5) is 38.3. The predicted molar refractivity (Wildman–Crippen MR) is 316 cm³/mol. The highest BCUT2D eigenvalue weighted by Crippen LogP contribution is 2.16. The molecule has 1 atom stereocenters. The van der Waals surface area contributed by atoms with E-state index in [4.69, 9.17) is 14.2 Å². The Morgan fingerprint density at radius 2 is 0.534 bits per heavy atom. The van der Waals surface area contributed by atoms with E-state index in [1.54, 1.807) is 0 Å². The molecule has 6 heteroatoms. The Labute approximate surface area is 452 Å². The van der Waals surface area contributed by atoms with Crippen LogP contribution in [0.2, 0.25) is 0 Å². The number of esters is 3. The van der Waals surface area contributed by atoms with Crippen LogP contribution in [0.4, 0.5) is 0 Å². The van der Waals surface area contributed by atoms with Gasteiger partial charge in [0.1, 0.15) is 13.2 Å². The second kappa shape index (κ2) is 61.1. The summed E-state index contributed by atoms with van der Waals surface area (Å²) < 4.78 is 16.9. The topological polar surface area (TPSA) is 78.9 Å². The van der Waals surface area contributed by atoms with Gasteiger partial charge in [-0.15, -0.1) is 0 Å². The molecule has 0 fully saturated rings. The molecule has 1 unspecified atom stereocenters. The second-order valence-corrected chi connectivity index (χ2v) is 20.6. The van der Waals surface area contributed by atoms with E-state index in [9.17, 15) is 14.4 Å². The van der Waals surface area contributed by atoms with Crippen molar-refractivity contribution in [2.24, 2.45) is 0 Å². The van der Waals surface area contributed by atoms with E-state index in [1.807, 2.05) is 0 Å². The zero-order valence-corrected chi connectivity index (χ0v) is 48.1. The molecule has 0 aliphatic rings. The van der Waals surface area contributed by atoms with Crippen molar-refractivity contribution in [2.45, 2.75) is 309 Å². The molecule has 0 spiro atoms. The molecule has 0 saturated carbocycles. The van der Waals surface area contributed by atoms with Crippen LogP contribution < -0.4 is 0 Å². The molecule has 0 heterocycles. The normalized spacial score (nSPS) is 12.6. The minimum absolute atomic E-state index is 0.0896. The molecule has 420 valence electrons. The molecule has 0 amide bonds. The highest BCUT2D eigenvalue weighted by molar-refractivity contribution is 5.71. The van der Waals surface area contributed by atoms with Crippen LogP contribution in [0.15, 0.2) is 85.1 Å². The summed E-state index contributed by atoms with van der Waals surface area (Å²) >= 11 is 0. The molecule has 73 heavy (non-hydrogen) atoms. The number of hydrogen-bond donors (Lipinski definition) is 0. The molecule has 0 aromatic rings. The van der Waals surface area contributed by atoms with E-state index in [0.717, 1.165) is 96.3 Å². The molecule has 0 aromatic heterocycles. The highest BCUT2D eigenvalue weighted by atomic mass is 16.6. The Morgan fingerprint density at radius 1 is 0.288 bits per heavy atom. The zero-order valence-electron chi connectivity index (χ0n) is 48.1. The van der Waals surface area contributed by atoms with Crippen LogP contribution in [0.5, 0.6) is 0 Å². The fraction of sp³-hybridized carbons (Fsp3) is 0.746. The van der Waals surface area contributed by atoms with Crippen molar-refractivity contribution in [3.8, 4) is 0 Å². The Morgan fingerprint density at radius 3 is 0.877 bits per heavy atom. The van der Waals surface area contributed by atoms with Crippen molar-refractivity contribution in [2.75, 3.05) is 13.2 Å². The summed E-state index contributed by atoms with van der Waals surface area (Å²) in [5, 5.41) is 0. The van der Waals surface area contributed by atoms with Gasteiger partial charge in [-0.1, -0.05) is 273 Å². The lowest BCUT2D eigenvalue weighted by Crippen LogP contribution is -2.30. The third kappa shape index (κ3) is 59.3. The number of carbonyl (C=O) groups is 3. The first kappa shape index (κ1) is 69.6. The molecule has 0 aliphatic carbocycles. The summed E-state index contributed by atoms with van der Waals surface area (Å²) in [5.41, 5.74) is 0. The number of unbranched alkanes of at least 4 members (excludes halogenated alkanes) is 31. The average Bonchev–Trinajstić information content (AvgIpc) is 3.39. The summed E-state index contributed by atoms with van der Waals surface area (Å²) in [5.74, 6) is -0.927. The first-order valence-electron chi connectivity index (χ1n) is 31.1. The minimum Gasteiger partial charge on any atom is -0.462 e. The first-order valence-corrected chi connectivity index (χ1v) is 31.1. The van der Waals surface area contributed by atoms with Gasteiger partial charge in [0, 0.05) is 19.3 Å². The monoisotopic (exact) mass is 1020 g/mol. The van der Waals surface area contributed by atoms with Crippen LogP contribution in [0.1, 0.15) is 303 Å². The van der Waals surface area contributed by atoms with Gasteiger partial charge in [0.15, 0.2) is 6.10 Å². The minimum atomic E-state index is -0.797. The van der Waals surface area contributed by atoms with Crippen molar-refractivity contribution in [1.29, 1.82) is 0 Å². The first-order chi connectivity index (χ1) is 36.0. The van der Waals surface area contributed by atoms with Crippen LogP contribution in [0, 0.1) is 0 Å². The largest absolute Gasteiger partial charge is 0.462 e. The van der Waals surface area contributed by atoms with Gasteiger partial charge in [0.05, 0.1) is 0 Å². The summed E-state index contributed by atoms with van der Waals surface area (Å²) in [7, 11) is 0. The molecule has 0 rings (SSSR count). The van der Waals surface area contributed by atoms with Crippen molar-refractivity contribution in [3.05, 3.63) is 85.1 Å². The summed E-state index contributed by atoms with van der Waals surface area (Å²) in [6, 6.07) is 0. The van der Waals surface area contributed by atoms with Gasteiger partial charge in [-0.05, 0) is 96.3 Å². The fourth-order valence-corrected chi connectivity index (χ4v) is 8.74. The number of ether oxygens (including phenoxy) is 3. The second-order valence-electron chi connectivity index (χ2n) is 20.6. The van der Waals surface area contributed by atoms with E-state index >= 15 is 0 Å². The van der Waals surface area contributed by atoms with Gasteiger partial charge < -0.3 is 14.2 Å². The predicted octanol–water partition coefficient (Wildman–Crippen LogP) is 21.1. The molecule has 6 nitrogen and oxygen atoms in total. The maximum atomic E-state index is 12.9. The van der Waals surface area contributed by atoms with Crippen LogP contribution >= 0.6 is 0 Å². The molecule has 0 saturated heterocycles. The van der Waals surface area contributed by atoms with Gasteiger partial charge in [-0.25, -0.2) is 0 Å². The van der Waals surface area contributed by atoms with Gasteiger partial charge in [-0.2, -0.15) is 0 Å². The van der Waals surface area contributed by atoms with Crippen molar-refractivity contribution in [1.82, 2.24) is 0 Å². The van der Waals surface area contributed by atoms with Crippen molar-refractivity contribution >= 4 is 17.9 Å². The van der Waals surface area contributed by atoms with Crippen LogP contribution in [-0.4, -0.2) is 37.2 Å². The van der Waals surface area contributed by atoms with Crippen molar-refractivity contribution in [3.63, 3.8) is 0 Å². The lowest BCUT2D eigenvalue weighted by atomic mass is 10.0. The van der Waals surface area contributed by atoms with Gasteiger partial charge in [0.2, 0.25) is 0 Å². The van der Waals surface area contributed by atoms with Crippen LogP contribution in [-0.2, 0) is 28.6 Å². The number of rotatable bonds is 56. The Kier molecular flexibility index (Phi) is 58.3. The van der Waals surface area contributed by atoms with E-state index < -0.39 is 6.10 Å². The third-order valence-electron chi connectivity index (χ3n) is 13.4. The molecule has 0 aromatic carbocycles. The van der Waals surface area contributed by atoms with E-state index in [1.165, 1.54) is 167 Å². The maximum absolute atomic E-state index is 12.9. The van der Waals surface area contributed by atoms with Crippen LogP contribution in [0.3, 0.4) is 0 Å². The molecule has 0 N–H and O–H groups in total. The Balaban J connectivity index is 4.45. The summed E-state index contributed by atoms with van der Waals surface area (Å²) in [6.07, 6.45) is 80.1. The highest BCUT2D eigenvalue weighted by Gasteiger charge is 2.19. The van der Waals surface area contributed by atoms with Crippen LogP contribution in [0.25, 0.3) is 0 Å². The Hall–Kier alpha value is -3.41. The van der Waals surface area contributed by atoms with E-state index in [2.05, 4.69) is 106 Å².